The summed E-state index contributed by atoms with van der Waals surface area (Å²) >= 11 is 0. The summed E-state index contributed by atoms with van der Waals surface area (Å²) in [6, 6.07) is 1.53. The Hall–Kier alpha value is -1.86. The lowest BCUT2D eigenvalue weighted by Gasteiger charge is -2.22. The Kier molecular flexibility index (Phi) is 3.35. The number of hydrogen-bond acceptors (Lipinski definition) is 4. The van der Waals surface area contributed by atoms with Gasteiger partial charge in [-0.05, 0) is 25.0 Å². The first-order valence-corrected chi connectivity index (χ1v) is 5.42. The lowest BCUT2D eigenvalue weighted by atomic mass is 10.1. The fourth-order valence-electron chi connectivity index (χ4n) is 1.65. The smallest absolute Gasteiger partial charge is 0.357 e. The van der Waals surface area contributed by atoms with Gasteiger partial charge in [0.05, 0.1) is 0 Å². The monoisotopic (exact) mass is 260 g/mol. The first-order chi connectivity index (χ1) is 8.47. The molecule has 5 nitrogen and oxygen atoms in total. The molecule has 0 spiro atoms. The van der Waals surface area contributed by atoms with Crippen molar-refractivity contribution in [3.8, 4) is 0 Å². The molecule has 0 aromatic carbocycles. The molecule has 98 valence electrons. The fraction of sp³-hybridized carbons (Fsp3) is 0.500. The molecule has 1 amide bonds. The number of hydrogen-bond donors (Lipinski definition) is 2. The van der Waals surface area contributed by atoms with Gasteiger partial charge < -0.3 is 10.6 Å². The van der Waals surface area contributed by atoms with Crippen LogP contribution in [0.15, 0.2) is 12.1 Å². The Labute approximate surface area is 101 Å². The maximum atomic E-state index is 12.3. The van der Waals surface area contributed by atoms with Gasteiger partial charge >= 0.3 is 6.18 Å². The minimum atomic E-state index is -4.51. The summed E-state index contributed by atoms with van der Waals surface area (Å²) < 4.78 is 36.8. The van der Waals surface area contributed by atoms with Crippen LogP contribution in [0.5, 0.6) is 0 Å². The second-order valence-electron chi connectivity index (χ2n) is 3.93. The summed E-state index contributed by atoms with van der Waals surface area (Å²) in [5.41, 5.74) is -1.05. The highest BCUT2D eigenvalue weighted by atomic mass is 19.4. The topological polar surface area (TPSA) is 66.9 Å². The number of anilines is 1. The number of carbonyl (C=O) groups is 1. The van der Waals surface area contributed by atoms with E-state index in [0.29, 0.717) is 13.0 Å². The van der Waals surface area contributed by atoms with Gasteiger partial charge in [0.1, 0.15) is 11.9 Å². The second kappa shape index (κ2) is 4.79. The van der Waals surface area contributed by atoms with Crippen LogP contribution in [0.25, 0.3) is 0 Å². The van der Waals surface area contributed by atoms with E-state index in [1.807, 2.05) is 0 Å². The van der Waals surface area contributed by atoms with Crippen molar-refractivity contribution in [2.75, 3.05) is 11.9 Å². The van der Waals surface area contributed by atoms with E-state index in [-0.39, 0.29) is 11.7 Å². The van der Waals surface area contributed by atoms with Crippen molar-refractivity contribution in [2.24, 2.45) is 0 Å². The number of rotatable bonds is 2. The highest BCUT2D eigenvalue weighted by molar-refractivity contribution is 5.84. The molecule has 0 radical (unpaired) electrons. The zero-order valence-electron chi connectivity index (χ0n) is 9.29. The molecule has 0 bridgehead atoms. The third-order valence-electron chi connectivity index (χ3n) is 2.56. The predicted molar refractivity (Wildman–Crippen MR) is 56.7 cm³/mol. The van der Waals surface area contributed by atoms with Gasteiger partial charge in [-0.25, -0.2) is 0 Å². The molecule has 18 heavy (non-hydrogen) atoms. The molecule has 0 aliphatic carbocycles. The van der Waals surface area contributed by atoms with Crippen LogP contribution < -0.4 is 10.6 Å². The molecule has 2 rings (SSSR count). The van der Waals surface area contributed by atoms with E-state index in [9.17, 15) is 18.0 Å². The lowest BCUT2D eigenvalue weighted by Crippen LogP contribution is -2.44. The Morgan fingerprint density at radius 1 is 1.33 bits per heavy atom. The van der Waals surface area contributed by atoms with E-state index in [1.165, 1.54) is 0 Å². The van der Waals surface area contributed by atoms with Crippen LogP contribution in [-0.4, -0.2) is 28.7 Å². The van der Waals surface area contributed by atoms with Crippen LogP contribution in [0, 0.1) is 0 Å². The average Bonchev–Trinajstić information content (AvgIpc) is 2.32. The highest BCUT2D eigenvalue weighted by Crippen LogP contribution is 2.27. The van der Waals surface area contributed by atoms with Gasteiger partial charge in [0, 0.05) is 6.54 Å². The van der Waals surface area contributed by atoms with Crippen molar-refractivity contribution in [1.82, 2.24) is 15.5 Å². The number of piperidine rings is 1. The molecule has 1 aromatic rings. The lowest BCUT2D eigenvalue weighted by molar-refractivity contribution is -0.141. The normalized spacial score (nSPS) is 20.4. The summed E-state index contributed by atoms with van der Waals surface area (Å²) in [6.07, 6.45) is -3.07. The zero-order chi connectivity index (χ0) is 13.2. The third kappa shape index (κ3) is 2.88. The van der Waals surface area contributed by atoms with Crippen LogP contribution in [0.2, 0.25) is 0 Å². The Balaban J connectivity index is 2.04. The van der Waals surface area contributed by atoms with Gasteiger partial charge in [-0.1, -0.05) is 0 Å². The molecule has 2 heterocycles. The van der Waals surface area contributed by atoms with E-state index in [2.05, 4.69) is 20.8 Å². The Bertz CT molecular complexity index is 432. The van der Waals surface area contributed by atoms with Crippen molar-refractivity contribution < 1.29 is 18.0 Å². The van der Waals surface area contributed by atoms with Crippen LogP contribution in [0.3, 0.4) is 0 Å². The molecular weight excluding hydrogens is 249 g/mol. The summed E-state index contributed by atoms with van der Waals surface area (Å²) in [7, 11) is 0. The van der Waals surface area contributed by atoms with Crippen molar-refractivity contribution in [2.45, 2.75) is 25.1 Å². The maximum absolute atomic E-state index is 12.3. The fourth-order valence-corrected chi connectivity index (χ4v) is 1.65. The molecule has 8 heteroatoms. The van der Waals surface area contributed by atoms with Crippen molar-refractivity contribution in [3.63, 3.8) is 0 Å². The number of alkyl halides is 3. The molecule has 1 atom stereocenters. The SMILES string of the molecule is O=C1NCCCC1Nc1ccc(C(F)(F)F)nn1. The van der Waals surface area contributed by atoms with Gasteiger partial charge in [0.2, 0.25) is 5.91 Å². The first kappa shape index (κ1) is 12.6. The number of carbonyl (C=O) groups excluding carboxylic acids is 1. The molecule has 1 unspecified atom stereocenters. The molecule has 0 saturated carbocycles. The number of nitrogens with one attached hydrogen (secondary N) is 2. The van der Waals surface area contributed by atoms with Gasteiger partial charge in [-0.3, -0.25) is 4.79 Å². The highest BCUT2D eigenvalue weighted by Gasteiger charge is 2.33. The van der Waals surface area contributed by atoms with Crippen LogP contribution in [-0.2, 0) is 11.0 Å². The Morgan fingerprint density at radius 3 is 2.67 bits per heavy atom. The van der Waals surface area contributed by atoms with Gasteiger partial charge in [-0.2, -0.15) is 13.2 Å². The first-order valence-electron chi connectivity index (χ1n) is 5.42. The number of aromatic nitrogens is 2. The van der Waals surface area contributed by atoms with E-state index < -0.39 is 17.9 Å². The minimum Gasteiger partial charge on any atom is -0.357 e. The molecule has 2 N–H and O–H groups in total. The van der Waals surface area contributed by atoms with Gasteiger partial charge in [0.25, 0.3) is 0 Å². The summed E-state index contributed by atoms with van der Waals surface area (Å²) in [5, 5.41) is 11.9. The van der Waals surface area contributed by atoms with E-state index >= 15 is 0 Å². The minimum absolute atomic E-state index is 0.157. The standard InChI is InChI=1S/C10H11F3N4O/c11-10(12,13)7-3-4-8(17-16-7)15-6-2-1-5-14-9(6)18/h3-4,6H,1-2,5H2,(H,14,18)(H,15,17). The number of nitrogens with zero attached hydrogens (tertiary/aromatic N) is 2. The van der Waals surface area contributed by atoms with Crippen LogP contribution >= 0.6 is 0 Å². The molecular formula is C10H11F3N4O. The quantitative estimate of drug-likeness (QED) is 0.838. The van der Waals surface area contributed by atoms with Crippen molar-refractivity contribution in [1.29, 1.82) is 0 Å². The zero-order valence-corrected chi connectivity index (χ0v) is 9.29. The summed E-state index contributed by atoms with van der Waals surface area (Å²) in [6.45, 7) is 0.621. The van der Waals surface area contributed by atoms with Crippen LogP contribution in [0.1, 0.15) is 18.5 Å². The van der Waals surface area contributed by atoms with Crippen molar-refractivity contribution in [3.05, 3.63) is 17.8 Å². The van der Waals surface area contributed by atoms with E-state index in [1.54, 1.807) is 0 Å². The Morgan fingerprint density at radius 2 is 2.11 bits per heavy atom. The van der Waals surface area contributed by atoms with Crippen LogP contribution in [0.4, 0.5) is 19.0 Å². The molecule has 1 aliphatic heterocycles. The number of amides is 1. The van der Waals surface area contributed by atoms with E-state index in [4.69, 9.17) is 0 Å². The molecule has 1 aliphatic rings. The average molecular weight is 260 g/mol. The number of halogens is 3. The maximum Gasteiger partial charge on any atom is 0.435 e. The molecule has 1 saturated heterocycles. The second-order valence-corrected chi connectivity index (χ2v) is 3.93. The predicted octanol–water partition coefficient (Wildman–Crippen LogP) is 1.19. The van der Waals surface area contributed by atoms with Gasteiger partial charge in [0.15, 0.2) is 5.69 Å². The van der Waals surface area contributed by atoms with E-state index in [0.717, 1.165) is 18.6 Å². The molecule has 1 aromatic heterocycles. The van der Waals surface area contributed by atoms with Crippen molar-refractivity contribution >= 4 is 11.7 Å². The largest absolute Gasteiger partial charge is 0.435 e. The molecule has 1 fully saturated rings. The third-order valence-corrected chi connectivity index (χ3v) is 2.56. The van der Waals surface area contributed by atoms with Gasteiger partial charge in [-0.15, -0.1) is 10.2 Å². The summed E-state index contributed by atoms with van der Waals surface area (Å²) in [4.78, 5) is 11.4. The summed E-state index contributed by atoms with van der Waals surface area (Å²) in [5.74, 6) is -0.0204.